The summed E-state index contributed by atoms with van der Waals surface area (Å²) < 4.78 is 8.34. The Labute approximate surface area is 170 Å². The molecule has 154 valence electrons. The molecule has 0 radical (unpaired) electrons. The van der Waals surface area contributed by atoms with Gasteiger partial charge in [-0.1, -0.05) is 0 Å². The van der Waals surface area contributed by atoms with Crippen molar-refractivity contribution in [1.82, 2.24) is 24.6 Å². The molecular weight excluding hydrogens is 368 g/mol. The molecule has 3 aliphatic rings. The highest BCUT2D eigenvalue weighted by molar-refractivity contribution is 5.79. The van der Waals surface area contributed by atoms with E-state index < -0.39 is 0 Å². The lowest BCUT2D eigenvalue weighted by atomic mass is 9.82. The maximum Gasteiger partial charge on any atom is 0.226 e. The highest BCUT2D eigenvalue weighted by Crippen LogP contribution is 2.41. The summed E-state index contributed by atoms with van der Waals surface area (Å²) >= 11 is 0. The van der Waals surface area contributed by atoms with Crippen molar-refractivity contribution >= 4 is 11.9 Å². The van der Waals surface area contributed by atoms with Crippen LogP contribution in [-0.4, -0.2) is 64.3 Å². The fraction of sp³-hybridized carbons (Fsp3) is 0.619. The van der Waals surface area contributed by atoms with Crippen LogP contribution in [0.15, 0.2) is 18.5 Å². The van der Waals surface area contributed by atoms with E-state index in [-0.39, 0.29) is 17.4 Å². The van der Waals surface area contributed by atoms with Gasteiger partial charge in [0, 0.05) is 64.2 Å². The molecular formula is C21H28N6O2. The van der Waals surface area contributed by atoms with E-state index in [1.54, 1.807) is 0 Å². The molecule has 1 fully saturated rings. The number of hydrogen-bond acceptors (Lipinski definition) is 6. The Morgan fingerprint density at radius 1 is 1.28 bits per heavy atom. The topological polar surface area (TPSA) is 76.4 Å². The molecule has 0 aliphatic carbocycles. The van der Waals surface area contributed by atoms with Gasteiger partial charge in [0.1, 0.15) is 5.60 Å². The van der Waals surface area contributed by atoms with Gasteiger partial charge in [-0.3, -0.25) is 9.48 Å². The number of aromatic nitrogens is 4. The highest BCUT2D eigenvalue weighted by Gasteiger charge is 2.44. The van der Waals surface area contributed by atoms with Crippen molar-refractivity contribution in [3.8, 4) is 0 Å². The number of anilines is 1. The van der Waals surface area contributed by atoms with Gasteiger partial charge < -0.3 is 14.5 Å². The molecule has 0 bridgehead atoms. The number of nitrogens with zero attached hydrogens (tertiary/aromatic N) is 6. The predicted octanol–water partition coefficient (Wildman–Crippen LogP) is 1.39. The molecule has 2 aromatic heterocycles. The first-order valence-electron chi connectivity index (χ1n) is 10.5. The van der Waals surface area contributed by atoms with Gasteiger partial charge in [-0.2, -0.15) is 5.10 Å². The van der Waals surface area contributed by atoms with Gasteiger partial charge in [0.2, 0.25) is 11.9 Å². The molecule has 1 spiro atoms. The molecule has 8 nitrogen and oxygen atoms in total. The molecule has 3 aliphatic heterocycles. The van der Waals surface area contributed by atoms with Crippen LogP contribution in [0.1, 0.15) is 36.2 Å². The van der Waals surface area contributed by atoms with Crippen LogP contribution in [0.5, 0.6) is 0 Å². The Morgan fingerprint density at radius 3 is 2.90 bits per heavy atom. The van der Waals surface area contributed by atoms with E-state index in [0.717, 1.165) is 57.4 Å². The lowest BCUT2D eigenvalue weighted by Crippen LogP contribution is -2.50. The Bertz CT molecular complexity index is 916. The third kappa shape index (κ3) is 3.19. The summed E-state index contributed by atoms with van der Waals surface area (Å²) in [6.45, 7) is 2.96. The molecule has 5 rings (SSSR count). The Kier molecular flexibility index (Phi) is 4.53. The van der Waals surface area contributed by atoms with Crippen LogP contribution in [0, 0.1) is 5.92 Å². The summed E-state index contributed by atoms with van der Waals surface area (Å²) in [6, 6.07) is 2.03. The van der Waals surface area contributed by atoms with Gasteiger partial charge in [0.05, 0.1) is 12.3 Å². The molecule has 1 unspecified atom stereocenters. The van der Waals surface area contributed by atoms with Crippen LogP contribution in [0.4, 0.5) is 5.95 Å². The number of rotatable bonds is 2. The van der Waals surface area contributed by atoms with E-state index in [1.165, 1.54) is 11.3 Å². The monoisotopic (exact) mass is 396 g/mol. The van der Waals surface area contributed by atoms with Gasteiger partial charge in [-0.15, -0.1) is 0 Å². The Balaban J connectivity index is 1.31. The Morgan fingerprint density at radius 2 is 2.10 bits per heavy atom. The predicted molar refractivity (Wildman–Crippen MR) is 108 cm³/mol. The van der Waals surface area contributed by atoms with Crippen molar-refractivity contribution in [2.24, 2.45) is 5.92 Å². The summed E-state index contributed by atoms with van der Waals surface area (Å²) in [6.07, 6.45) is 7.87. The lowest BCUT2D eigenvalue weighted by Gasteiger charge is -2.45. The Hall–Kier alpha value is -2.48. The summed E-state index contributed by atoms with van der Waals surface area (Å²) in [5.41, 5.74) is 2.99. The number of carbonyl (C=O) groups excluding carboxylic acids is 1. The summed E-state index contributed by atoms with van der Waals surface area (Å²) in [4.78, 5) is 26.4. The van der Waals surface area contributed by atoms with Crippen molar-refractivity contribution in [1.29, 1.82) is 0 Å². The van der Waals surface area contributed by atoms with Gasteiger partial charge in [-0.05, 0) is 37.3 Å². The van der Waals surface area contributed by atoms with E-state index in [9.17, 15) is 4.79 Å². The van der Waals surface area contributed by atoms with E-state index in [4.69, 9.17) is 9.72 Å². The standard InChI is InChI=1S/C21H28N6O2/c1-25(2)20-22-14-16-5-12-29-21(18(16)24-20)6-10-26(11-7-21)19(28)15-4-9-27-17(13-15)3-8-23-27/h3,8,14-15H,4-7,9-13H2,1-2H3. The molecule has 1 saturated heterocycles. The first-order chi connectivity index (χ1) is 14.1. The summed E-state index contributed by atoms with van der Waals surface area (Å²) in [7, 11) is 3.91. The zero-order valence-electron chi connectivity index (χ0n) is 17.2. The molecule has 29 heavy (non-hydrogen) atoms. The van der Waals surface area contributed by atoms with Crippen LogP contribution >= 0.6 is 0 Å². The van der Waals surface area contributed by atoms with E-state index in [2.05, 4.69) is 10.1 Å². The quantitative estimate of drug-likeness (QED) is 0.764. The first-order valence-corrected chi connectivity index (χ1v) is 10.5. The average Bonchev–Trinajstić information content (AvgIpc) is 3.22. The maximum atomic E-state index is 13.2. The van der Waals surface area contributed by atoms with Crippen molar-refractivity contribution in [2.45, 2.75) is 44.2 Å². The molecule has 0 aromatic carbocycles. The normalized spacial score (nSPS) is 22.8. The van der Waals surface area contributed by atoms with E-state index in [0.29, 0.717) is 12.6 Å². The van der Waals surface area contributed by atoms with Crippen LogP contribution in [0.25, 0.3) is 0 Å². The van der Waals surface area contributed by atoms with Gasteiger partial charge in [-0.25, -0.2) is 9.97 Å². The minimum absolute atomic E-state index is 0.0653. The molecule has 1 atom stereocenters. The average molecular weight is 396 g/mol. The second kappa shape index (κ2) is 7.09. The van der Waals surface area contributed by atoms with Crippen molar-refractivity contribution < 1.29 is 9.53 Å². The molecule has 5 heterocycles. The van der Waals surface area contributed by atoms with Crippen LogP contribution in [-0.2, 0) is 34.5 Å². The lowest BCUT2D eigenvalue weighted by molar-refractivity contribution is -0.145. The number of amides is 1. The third-order valence-electron chi connectivity index (χ3n) is 6.61. The number of piperidine rings is 1. The zero-order valence-corrected chi connectivity index (χ0v) is 17.2. The minimum Gasteiger partial charge on any atom is -0.368 e. The van der Waals surface area contributed by atoms with Gasteiger partial charge >= 0.3 is 0 Å². The number of aryl methyl sites for hydroxylation is 1. The molecule has 0 N–H and O–H groups in total. The maximum absolute atomic E-state index is 13.2. The van der Waals surface area contributed by atoms with Crippen LogP contribution < -0.4 is 4.90 Å². The molecule has 0 saturated carbocycles. The molecule has 8 heteroatoms. The summed E-state index contributed by atoms with van der Waals surface area (Å²) in [5.74, 6) is 1.06. The smallest absolute Gasteiger partial charge is 0.226 e. The third-order valence-corrected chi connectivity index (χ3v) is 6.61. The van der Waals surface area contributed by atoms with Crippen molar-refractivity contribution in [3.05, 3.63) is 35.4 Å². The number of carbonyl (C=O) groups is 1. The van der Waals surface area contributed by atoms with E-state index in [1.807, 2.05) is 47.0 Å². The number of likely N-dealkylation sites (tertiary alicyclic amines) is 1. The van der Waals surface area contributed by atoms with Crippen molar-refractivity contribution in [3.63, 3.8) is 0 Å². The second-order valence-corrected chi connectivity index (χ2v) is 8.59. The largest absolute Gasteiger partial charge is 0.368 e. The van der Waals surface area contributed by atoms with Gasteiger partial charge in [0.25, 0.3) is 0 Å². The van der Waals surface area contributed by atoms with Crippen LogP contribution in [0.3, 0.4) is 0 Å². The molecule has 1 amide bonds. The molecule has 2 aromatic rings. The highest BCUT2D eigenvalue weighted by atomic mass is 16.5. The van der Waals surface area contributed by atoms with E-state index >= 15 is 0 Å². The second-order valence-electron chi connectivity index (χ2n) is 8.59. The minimum atomic E-state index is -0.386. The van der Waals surface area contributed by atoms with Crippen molar-refractivity contribution in [2.75, 3.05) is 38.7 Å². The van der Waals surface area contributed by atoms with Crippen LogP contribution in [0.2, 0.25) is 0 Å². The zero-order chi connectivity index (χ0) is 20.0. The number of fused-ring (bicyclic) bond motifs is 3. The fourth-order valence-electron chi connectivity index (χ4n) is 4.92. The number of ether oxygens (including phenoxy) is 1. The SMILES string of the molecule is CN(C)c1ncc2c(n1)C1(CCN(C(=O)C3CCn4nccc4C3)CC1)OCC2. The number of hydrogen-bond donors (Lipinski definition) is 0. The summed E-state index contributed by atoms with van der Waals surface area (Å²) in [5, 5.41) is 4.32. The first kappa shape index (κ1) is 18.5. The fourth-order valence-corrected chi connectivity index (χ4v) is 4.92. The van der Waals surface area contributed by atoms with Gasteiger partial charge in [0.15, 0.2) is 0 Å².